The Balaban J connectivity index is 1.65. The number of anilines is 1. The zero-order chi connectivity index (χ0) is 16.2. The fourth-order valence-corrected chi connectivity index (χ4v) is 2.28. The Hall–Kier alpha value is -2.13. The number of pyridine rings is 1. The number of halogens is 2. The lowest BCUT2D eigenvalue weighted by atomic mass is 10.2. The zero-order valence-electron chi connectivity index (χ0n) is 11.6. The molecule has 0 aliphatic carbocycles. The van der Waals surface area contributed by atoms with Gasteiger partial charge in [-0.2, -0.15) is 4.80 Å². The molecule has 0 spiro atoms. The van der Waals surface area contributed by atoms with Crippen LogP contribution in [0.15, 0.2) is 51.5 Å². The molecule has 1 amide bonds. The Morgan fingerprint density at radius 3 is 2.52 bits per heavy atom. The van der Waals surface area contributed by atoms with Crippen molar-refractivity contribution in [2.24, 2.45) is 0 Å². The molecule has 0 fully saturated rings. The van der Waals surface area contributed by atoms with E-state index in [4.69, 9.17) is 0 Å². The molecular formula is C14H10Br2N6O. The van der Waals surface area contributed by atoms with Crippen LogP contribution in [0, 0.1) is 0 Å². The van der Waals surface area contributed by atoms with Gasteiger partial charge in [0.05, 0.1) is 0 Å². The number of benzene rings is 1. The number of carbonyl (C=O) groups excluding carboxylic acids is 1. The van der Waals surface area contributed by atoms with Crippen LogP contribution in [0.25, 0.3) is 11.4 Å². The van der Waals surface area contributed by atoms with Gasteiger partial charge >= 0.3 is 0 Å². The lowest BCUT2D eigenvalue weighted by Crippen LogP contribution is -2.21. The van der Waals surface area contributed by atoms with Crippen LogP contribution >= 0.6 is 31.9 Å². The third kappa shape index (κ3) is 4.20. The normalized spacial score (nSPS) is 10.5. The maximum atomic E-state index is 12.0. The van der Waals surface area contributed by atoms with Crippen molar-refractivity contribution in [3.63, 3.8) is 0 Å². The predicted octanol–water partition coefficient (Wildman–Crippen LogP) is 2.90. The third-order valence-electron chi connectivity index (χ3n) is 2.84. The monoisotopic (exact) mass is 436 g/mol. The van der Waals surface area contributed by atoms with E-state index in [2.05, 4.69) is 57.6 Å². The second-order valence-electron chi connectivity index (χ2n) is 4.56. The Morgan fingerprint density at radius 2 is 1.83 bits per heavy atom. The summed E-state index contributed by atoms with van der Waals surface area (Å²) in [5, 5.41) is 14.7. The van der Waals surface area contributed by atoms with E-state index < -0.39 is 0 Å². The molecule has 0 saturated carbocycles. The highest BCUT2D eigenvalue weighted by atomic mass is 79.9. The van der Waals surface area contributed by atoms with Crippen LogP contribution in [0.4, 0.5) is 5.82 Å². The summed E-state index contributed by atoms with van der Waals surface area (Å²) in [7, 11) is 0. The molecule has 0 aliphatic rings. The van der Waals surface area contributed by atoms with Crippen LogP contribution in [0.2, 0.25) is 0 Å². The van der Waals surface area contributed by atoms with Gasteiger partial charge in [-0.3, -0.25) is 4.79 Å². The summed E-state index contributed by atoms with van der Waals surface area (Å²) in [6.45, 7) is -0.0404. The molecule has 0 unspecified atom stereocenters. The molecule has 9 heteroatoms. The SMILES string of the molecule is O=C(Cn1nnc(-c2ccc(Br)cc2)n1)Nc1ccc(Br)cn1. The second-order valence-corrected chi connectivity index (χ2v) is 6.39. The van der Waals surface area contributed by atoms with Gasteiger partial charge in [-0.15, -0.1) is 10.2 Å². The highest BCUT2D eigenvalue weighted by Gasteiger charge is 2.10. The number of aromatic nitrogens is 5. The summed E-state index contributed by atoms with van der Waals surface area (Å²) in [5.41, 5.74) is 0.828. The molecule has 0 aliphatic heterocycles. The van der Waals surface area contributed by atoms with Gasteiger partial charge in [0.15, 0.2) is 0 Å². The molecule has 116 valence electrons. The fraction of sp³-hybridized carbons (Fsp3) is 0.0714. The number of hydrogen-bond acceptors (Lipinski definition) is 5. The number of nitrogens with zero attached hydrogens (tertiary/aromatic N) is 5. The van der Waals surface area contributed by atoms with Crippen molar-refractivity contribution < 1.29 is 4.79 Å². The number of nitrogens with one attached hydrogen (secondary N) is 1. The van der Waals surface area contributed by atoms with Gasteiger partial charge in [0.1, 0.15) is 12.4 Å². The second kappa shape index (κ2) is 6.97. The van der Waals surface area contributed by atoms with Gasteiger partial charge in [-0.05, 0) is 57.5 Å². The van der Waals surface area contributed by atoms with Gasteiger partial charge in [-0.25, -0.2) is 4.98 Å². The van der Waals surface area contributed by atoms with E-state index in [1.165, 1.54) is 4.80 Å². The van der Waals surface area contributed by atoms with Crippen LogP contribution < -0.4 is 5.32 Å². The van der Waals surface area contributed by atoms with E-state index in [-0.39, 0.29) is 12.5 Å². The Bertz CT molecular complexity index is 816. The quantitative estimate of drug-likeness (QED) is 0.678. The van der Waals surface area contributed by atoms with Crippen LogP contribution in [0.3, 0.4) is 0 Å². The molecule has 0 atom stereocenters. The minimum Gasteiger partial charge on any atom is -0.309 e. The molecule has 1 aromatic carbocycles. The topological polar surface area (TPSA) is 85.6 Å². The van der Waals surface area contributed by atoms with Crippen molar-refractivity contribution in [1.82, 2.24) is 25.2 Å². The molecule has 0 bridgehead atoms. The summed E-state index contributed by atoms with van der Waals surface area (Å²) < 4.78 is 1.81. The summed E-state index contributed by atoms with van der Waals surface area (Å²) in [4.78, 5) is 17.3. The van der Waals surface area contributed by atoms with Gasteiger partial charge in [0, 0.05) is 20.7 Å². The number of rotatable bonds is 4. The third-order valence-corrected chi connectivity index (χ3v) is 3.83. The first-order chi connectivity index (χ1) is 11.1. The molecule has 3 aromatic rings. The first kappa shape index (κ1) is 15.8. The minimum atomic E-state index is -0.278. The maximum absolute atomic E-state index is 12.0. The average molecular weight is 438 g/mol. The summed E-state index contributed by atoms with van der Waals surface area (Å²) >= 11 is 6.65. The number of hydrogen-bond donors (Lipinski definition) is 1. The molecule has 2 heterocycles. The van der Waals surface area contributed by atoms with Gasteiger partial charge in [-0.1, -0.05) is 15.9 Å². The van der Waals surface area contributed by atoms with E-state index in [9.17, 15) is 4.79 Å². The van der Waals surface area contributed by atoms with Crippen molar-refractivity contribution >= 4 is 43.6 Å². The largest absolute Gasteiger partial charge is 0.309 e. The number of carbonyl (C=O) groups is 1. The highest BCUT2D eigenvalue weighted by molar-refractivity contribution is 9.10. The number of amides is 1. The lowest BCUT2D eigenvalue weighted by molar-refractivity contribution is -0.117. The smallest absolute Gasteiger partial charge is 0.249 e. The Morgan fingerprint density at radius 1 is 1.09 bits per heavy atom. The molecule has 3 rings (SSSR count). The molecular weight excluding hydrogens is 428 g/mol. The van der Waals surface area contributed by atoms with E-state index in [1.807, 2.05) is 24.3 Å². The lowest BCUT2D eigenvalue weighted by Gasteiger charge is -2.03. The first-order valence-corrected chi connectivity index (χ1v) is 8.14. The summed E-state index contributed by atoms with van der Waals surface area (Å²) in [6.07, 6.45) is 1.61. The first-order valence-electron chi connectivity index (χ1n) is 6.55. The van der Waals surface area contributed by atoms with Crippen LogP contribution in [0.5, 0.6) is 0 Å². The Labute approximate surface area is 148 Å². The predicted molar refractivity (Wildman–Crippen MR) is 91.5 cm³/mol. The van der Waals surface area contributed by atoms with Crippen molar-refractivity contribution in [2.45, 2.75) is 6.54 Å². The molecule has 23 heavy (non-hydrogen) atoms. The molecule has 0 saturated heterocycles. The van der Waals surface area contributed by atoms with Crippen molar-refractivity contribution in [1.29, 1.82) is 0 Å². The summed E-state index contributed by atoms with van der Waals surface area (Å²) in [6, 6.07) is 11.0. The average Bonchev–Trinajstić information content (AvgIpc) is 2.98. The van der Waals surface area contributed by atoms with Crippen LogP contribution in [-0.4, -0.2) is 31.1 Å². The van der Waals surface area contributed by atoms with Crippen molar-refractivity contribution in [2.75, 3.05) is 5.32 Å². The van der Waals surface area contributed by atoms with Gasteiger partial charge < -0.3 is 5.32 Å². The van der Waals surface area contributed by atoms with Gasteiger partial charge in [0.2, 0.25) is 11.7 Å². The maximum Gasteiger partial charge on any atom is 0.249 e. The van der Waals surface area contributed by atoms with Crippen molar-refractivity contribution in [3.05, 3.63) is 51.5 Å². The Kier molecular flexibility index (Phi) is 4.77. The van der Waals surface area contributed by atoms with E-state index in [0.29, 0.717) is 11.6 Å². The van der Waals surface area contributed by atoms with E-state index >= 15 is 0 Å². The summed E-state index contributed by atoms with van der Waals surface area (Å²) in [5.74, 6) is 0.651. The van der Waals surface area contributed by atoms with E-state index in [1.54, 1.807) is 18.3 Å². The van der Waals surface area contributed by atoms with Crippen molar-refractivity contribution in [3.8, 4) is 11.4 Å². The van der Waals surface area contributed by atoms with Crippen LogP contribution in [0.1, 0.15) is 0 Å². The highest BCUT2D eigenvalue weighted by Crippen LogP contribution is 2.17. The zero-order valence-corrected chi connectivity index (χ0v) is 14.8. The minimum absolute atomic E-state index is 0.0404. The van der Waals surface area contributed by atoms with E-state index in [0.717, 1.165) is 14.5 Å². The van der Waals surface area contributed by atoms with Crippen LogP contribution in [-0.2, 0) is 11.3 Å². The standard InChI is InChI=1S/C14H10Br2N6O/c15-10-3-1-9(2-4-10)14-19-21-22(20-14)8-13(23)18-12-6-5-11(16)7-17-12/h1-7H,8H2,(H,17,18,23). The molecule has 2 aromatic heterocycles. The fourth-order valence-electron chi connectivity index (χ4n) is 1.79. The molecule has 1 N–H and O–H groups in total. The molecule has 0 radical (unpaired) electrons. The molecule has 7 nitrogen and oxygen atoms in total. The van der Waals surface area contributed by atoms with Gasteiger partial charge in [0.25, 0.3) is 0 Å². The number of tetrazole rings is 1.